The van der Waals surface area contributed by atoms with E-state index in [4.69, 9.17) is 10.5 Å². The Morgan fingerprint density at radius 3 is 2.78 bits per heavy atom. The zero-order chi connectivity index (χ0) is 13.5. The Labute approximate surface area is 111 Å². The molecule has 0 saturated carbocycles. The third kappa shape index (κ3) is 3.95. The van der Waals surface area contributed by atoms with Crippen LogP contribution in [0.4, 0.5) is 0 Å². The number of hydrogen-bond donors (Lipinski definition) is 1. The van der Waals surface area contributed by atoms with Gasteiger partial charge >= 0.3 is 5.97 Å². The van der Waals surface area contributed by atoms with Crippen molar-refractivity contribution >= 4 is 5.97 Å². The van der Waals surface area contributed by atoms with Crippen LogP contribution in [0.15, 0.2) is 0 Å². The summed E-state index contributed by atoms with van der Waals surface area (Å²) in [4.78, 5) is 14.3. The summed E-state index contributed by atoms with van der Waals surface area (Å²) in [5.74, 6) is 1.10. The summed E-state index contributed by atoms with van der Waals surface area (Å²) in [7, 11) is 0. The van der Waals surface area contributed by atoms with Crippen molar-refractivity contribution < 1.29 is 9.53 Å². The van der Waals surface area contributed by atoms with Crippen molar-refractivity contribution in [3.05, 3.63) is 0 Å². The van der Waals surface area contributed by atoms with E-state index in [-0.39, 0.29) is 12.0 Å². The Bertz CT molecular complexity index is 258. The molecular weight excluding hydrogens is 228 g/mol. The van der Waals surface area contributed by atoms with E-state index in [0.29, 0.717) is 25.0 Å². The van der Waals surface area contributed by atoms with Crippen LogP contribution in [0.25, 0.3) is 0 Å². The Kier molecular flexibility index (Phi) is 6.65. The van der Waals surface area contributed by atoms with E-state index in [1.807, 2.05) is 6.92 Å². The van der Waals surface area contributed by atoms with Gasteiger partial charge in [0.15, 0.2) is 0 Å². The Balaban J connectivity index is 2.64. The number of piperidine rings is 1. The molecule has 3 unspecified atom stereocenters. The number of nitrogens with zero attached hydrogens (tertiary/aromatic N) is 1. The van der Waals surface area contributed by atoms with Crippen LogP contribution in [-0.4, -0.2) is 43.2 Å². The molecule has 0 aromatic carbocycles. The Morgan fingerprint density at radius 1 is 1.50 bits per heavy atom. The average molecular weight is 256 g/mol. The fraction of sp³-hybridized carbons (Fsp3) is 0.929. The molecule has 0 radical (unpaired) electrons. The van der Waals surface area contributed by atoms with Gasteiger partial charge in [-0.3, -0.25) is 9.69 Å². The van der Waals surface area contributed by atoms with E-state index in [0.717, 1.165) is 32.4 Å². The van der Waals surface area contributed by atoms with Gasteiger partial charge in [0.25, 0.3) is 0 Å². The molecule has 0 spiro atoms. The summed E-state index contributed by atoms with van der Waals surface area (Å²) >= 11 is 0. The van der Waals surface area contributed by atoms with Crippen LogP contribution in [-0.2, 0) is 9.53 Å². The lowest BCUT2D eigenvalue weighted by Gasteiger charge is -2.40. The van der Waals surface area contributed by atoms with Gasteiger partial charge in [-0.05, 0) is 44.7 Å². The number of esters is 1. The van der Waals surface area contributed by atoms with Crippen molar-refractivity contribution in [2.45, 2.75) is 46.1 Å². The molecule has 0 aromatic rings. The number of rotatable bonds is 6. The first-order valence-corrected chi connectivity index (χ1v) is 7.24. The summed E-state index contributed by atoms with van der Waals surface area (Å²) in [6.07, 6.45) is 3.01. The van der Waals surface area contributed by atoms with Gasteiger partial charge in [-0.1, -0.05) is 20.3 Å². The highest BCUT2D eigenvalue weighted by atomic mass is 16.5. The van der Waals surface area contributed by atoms with Gasteiger partial charge in [0.1, 0.15) is 6.04 Å². The molecule has 2 N–H and O–H groups in total. The van der Waals surface area contributed by atoms with Gasteiger partial charge in [0.05, 0.1) is 6.61 Å². The maximum Gasteiger partial charge on any atom is 0.323 e. The quantitative estimate of drug-likeness (QED) is 0.734. The molecule has 1 saturated heterocycles. The predicted octanol–water partition coefficient (Wildman–Crippen LogP) is 1.63. The zero-order valence-corrected chi connectivity index (χ0v) is 12.0. The number of carbonyl (C=O) groups is 1. The molecule has 0 amide bonds. The van der Waals surface area contributed by atoms with Crippen molar-refractivity contribution in [1.82, 2.24) is 4.90 Å². The normalized spacial score (nSPS) is 26.9. The van der Waals surface area contributed by atoms with Gasteiger partial charge < -0.3 is 10.5 Å². The van der Waals surface area contributed by atoms with E-state index in [2.05, 4.69) is 18.7 Å². The fourth-order valence-electron chi connectivity index (χ4n) is 2.73. The summed E-state index contributed by atoms with van der Waals surface area (Å²) in [6.45, 7) is 9.32. The van der Waals surface area contributed by atoms with Crippen molar-refractivity contribution in [1.29, 1.82) is 0 Å². The monoisotopic (exact) mass is 256 g/mol. The maximum absolute atomic E-state index is 12.0. The van der Waals surface area contributed by atoms with Crippen LogP contribution in [0.1, 0.15) is 40.0 Å². The lowest BCUT2D eigenvalue weighted by Crippen LogP contribution is -2.50. The number of ether oxygens (including phenoxy) is 1. The van der Waals surface area contributed by atoms with Crippen molar-refractivity contribution in [2.24, 2.45) is 17.6 Å². The molecule has 3 atom stereocenters. The third-order valence-corrected chi connectivity index (χ3v) is 4.01. The molecule has 106 valence electrons. The Morgan fingerprint density at radius 2 is 2.22 bits per heavy atom. The smallest absolute Gasteiger partial charge is 0.323 e. The SMILES string of the molecule is CCCC(C(=O)OCC)N1CCC(C)C(CN)C1. The first kappa shape index (κ1) is 15.4. The van der Waals surface area contributed by atoms with Gasteiger partial charge in [-0.25, -0.2) is 0 Å². The lowest BCUT2D eigenvalue weighted by molar-refractivity contribution is -0.151. The summed E-state index contributed by atoms with van der Waals surface area (Å²) in [5, 5.41) is 0. The largest absolute Gasteiger partial charge is 0.465 e. The molecule has 1 aliphatic rings. The van der Waals surface area contributed by atoms with Crippen LogP contribution >= 0.6 is 0 Å². The molecule has 18 heavy (non-hydrogen) atoms. The molecule has 4 heteroatoms. The molecule has 1 rings (SSSR count). The minimum absolute atomic E-state index is 0.0651. The summed E-state index contributed by atoms with van der Waals surface area (Å²) < 4.78 is 5.19. The standard InChI is InChI=1S/C14H28N2O2/c1-4-6-13(14(17)18-5-2)16-8-7-11(3)12(9-15)10-16/h11-13H,4-10,15H2,1-3H3. The first-order valence-electron chi connectivity index (χ1n) is 7.24. The van der Waals surface area contributed by atoms with Gasteiger partial charge in [-0.15, -0.1) is 0 Å². The van der Waals surface area contributed by atoms with Crippen LogP contribution in [0.5, 0.6) is 0 Å². The van der Waals surface area contributed by atoms with Gasteiger partial charge in [0.2, 0.25) is 0 Å². The molecule has 0 aromatic heterocycles. The van der Waals surface area contributed by atoms with E-state index >= 15 is 0 Å². The highest BCUT2D eigenvalue weighted by Crippen LogP contribution is 2.25. The molecule has 0 bridgehead atoms. The zero-order valence-electron chi connectivity index (χ0n) is 12.0. The average Bonchev–Trinajstić information content (AvgIpc) is 2.37. The number of nitrogens with two attached hydrogens (primary N) is 1. The topological polar surface area (TPSA) is 55.6 Å². The highest BCUT2D eigenvalue weighted by Gasteiger charge is 2.33. The second kappa shape index (κ2) is 7.74. The van der Waals surface area contributed by atoms with Crippen molar-refractivity contribution in [3.8, 4) is 0 Å². The third-order valence-electron chi connectivity index (χ3n) is 4.01. The molecular formula is C14H28N2O2. The van der Waals surface area contributed by atoms with Gasteiger partial charge in [0, 0.05) is 6.54 Å². The molecule has 0 aliphatic carbocycles. The lowest BCUT2D eigenvalue weighted by atomic mass is 9.86. The molecule has 1 aliphatic heterocycles. The second-order valence-corrected chi connectivity index (χ2v) is 5.31. The van der Waals surface area contributed by atoms with Crippen LogP contribution in [0, 0.1) is 11.8 Å². The number of likely N-dealkylation sites (tertiary alicyclic amines) is 1. The maximum atomic E-state index is 12.0. The minimum atomic E-state index is -0.0727. The van der Waals surface area contributed by atoms with E-state index < -0.39 is 0 Å². The summed E-state index contributed by atoms with van der Waals surface area (Å²) in [6, 6.07) is -0.0727. The van der Waals surface area contributed by atoms with E-state index in [1.165, 1.54) is 0 Å². The number of carbonyl (C=O) groups excluding carboxylic acids is 1. The van der Waals surface area contributed by atoms with E-state index in [1.54, 1.807) is 0 Å². The van der Waals surface area contributed by atoms with Crippen LogP contribution in [0.2, 0.25) is 0 Å². The van der Waals surface area contributed by atoms with E-state index in [9.17, 15) is 4.79 Å². The van der Waals surface area contributed by atoms with Crippen LogP contribution < -0.4 is 5.73 Å². The molecule has 1 fully saturated rings. The fourth-order valence-corrected chi connectivity index (χ4v) is 2.73. The van der Waals surface area contributed by atoms with Crippen molar-refractivity contribution in [2.75, 3.05) is 26.2 Å². The first-order chi connectivity index (χ1) is 8.63. The highest BCUT2D eigenvalue weighted by molar-refractivity contribution is 5.75. The summed E-state index contributed by atoms with van der Waals surface area (Å²) in [5.41, 5.74) is 5.82. The predicted molar refractivity (Wildman–Crippen MR) is 73.2 cm³/mol. The molecule has 4 nitrogen and oxygen atoms in total. The molecule has 1 heterocycles. The van der Waals surface area contributed by atoms with Gasteiger partial charge in [-0.2, -0.15) is 0 Å². The van der Waals surface area contributed by atoms with Crippen LogP contribution in [0.3, 0.4) is 0 Å². The minimum Gasteiger partial charge on any atom is -0.465 e. The second-order valence-electron chi connectivity index (χ2n) is 5.31. The number of hydrogen-bond acceptors (Lipinski definition) is 4. The van der Waals surface area contributed by atoms with Crippen molar-refractivity contribution in [3.63, 3.8) is 0 Å². The Hall–Kier alpha value is -0.610.